The summed E-state index contributed by atoms with van der Waals surface area (Å²) >= 11 is 1.55. The van der Waals surface area contributed by atoms with Crippen molar-refractivity contribution in [1.29, 1.82) is 0 Å². The molecule has 0 bridgehead atoms. The second-order valence-corrected chi connectivity index (χ2v) is 6.82. The van der Waals surface area contributed by atoms with Crippen molar-refractivity contribution in [2.24, 2.45) is 0 Å². The lowest BCUT2D eigenvalue weighted by atomic mass is 10.1. The molecule has 26 heavy (non-hydrogen) atoms. The van der Waals surface area contributed by atoms with Gasteiger partial charge in [-0.3, -0.25) is 14.8 Å². The van der Waals surface area contributed by atoms with E-state index in [1.54, 1.807) is 45.1 Å². The maximum atomic E-state index is 13.0. The van der Waals surface area contributed by atoms with Crippen LogP contribution >= 0.6 is 11.3 Å². The molecule has 1 aliphatic rings. The summed E-state index contributed by atoms with van der Waals surface area (Å²) in [6.45, 7) is 0.954. The molecule has 2 amide bonds. The zero-order valence-electron chi connectivity index (χ0n) is 14.2. The average molecular weight is 370 g/mol. The molecular formula is C18H18N4O3S. The average Bonchev–Trinajstić information content (AvgIpc) is 3.29. The number of methoxy groups -OCH3 is 1. The van der Waals surface area contributed by atoms with E-state index in [1.165, 1.54) is 7.11 Å². The molecule has 7 nitrogen and oxygen atoms in total. The summed E-state index contributed by atoms with van der Waals surface area (Å²) in [7, 11) is 1.54. The number of anilines is 2. The summed E-state index contributed by atoms with van der Waals surface area (Å²) in [4.78, 5) is 24.9. The number of ether oxygens (including phenoxy) is 1. The molecule has 0 radical (unpaired) electrons. The van der Waals surface area contributed by atoms with Gasteiger partial charge in [-0.15, -0.1) is 11.3 Å². The number of aliphatic hydroxyl groups is 1. The lowest BCUT2D eigenvalue weighted by Gasteiger charge is -2.23. The Balaban J connectivity index is 1.65. The Morgan fingerprint density at radius 1 is 1.31 bits per heavy atom. The Hall–Kier alpha value is -2.55. The number of benzene rings is 1. The number of hydrogen-bond acceptors (Lipinski definition) is 6. The van der Waals surface area contributed by atoms with Crippen LogP contribution in [0, 0.1) is 0 Å². The minimum Gasteiger partial charge on any atom is -0.393 e. The Labute approximate surface area is 154 Å². The van der Waals surface area contributed by atoms with Crippen LogP contribution in [0.1, 0.15) is 11.7 Å². The minimum absolute atomic E-state index is 0.115. The van der Waals surface area contributed by atoms with Crippen molar-refractivity contribution in [3.05, 3.63) is 47.7 Å². The van der Waals surface area contributed by atoms with E-state index in [0.717, 1.165) is 21.5 Å². The zero-order valence-corrected chi connectivity index (χ0v) is 15.0. The second-order valence-electron chi connectivity index (χ2n) is 5.93. The molecule has 0 aliphatic carbocycles. The molecule has 3 heterocycles. The molecule has 2 aromatic heterocycles. The lowest BCUT2D eigenvalue weighted by molar-refractivity contribution is 0.0487. The first-order valence-corrected chi connectivity index (χ1v) is 9.10. The third-order valence-corrected chi connectivity index (χ3v) is 5.35. The molecule has 1 aromatic carbocycles. The minimum atomic E-state index is -0.497. The fraction of sp³-hybridized carbons (Fsp3) is 0.278. The van der Waals surface area contributed by atoms with Gasteiger partial charge < -0.3 is 9.84 Å². The summed E-state index contributed by atoms with van der Waals surface area (Å²) in [5.41, 5.74) is 5.00. The molecular weight excluding hydrogens is 352 g/mol. The highest BCUT2D eigenvalue weighted by molar-refractivity contribution is 7.16. The molecule has 8 heteroatoms. The van der Waals surface area contributed by atoms with Crippen molar-refractivity contribution in [2.45, 2.75) is 6.10 Å². The first kappa shape index (κ1) is 16.9. The van der Waals surface area contributed by atoms with E-state index in [0.29, 0.717) is 18.8 Å². The molecule has 1 unspecified atom stereocenters. The molecule has 1 atom stereocenters. The number of hydrogen-bond donors (Lipinski definition) is 1. The quantitative estimate of drug-likeness (QED) is 0.747. The van der Waals surface area contributed by atoms with Crippen LogP contribution in [0.15, 0.2) is 42.2 Å². The van der Waals surface area contributed by atoms with Gasteiger partial charge >= 0.3 is 6.03 Å². The van der Waals surface area contributed by atoms with Crippen LogP contribution in [0.3, 0.4) is 0 Å². The standard InChI is InChI=1S/C18H18N4O3S/c1-25-16(10-23)13-4-5-19-9-15(13)22-7-6-21(18(22)24)12-2-3-14-17(8-12)26-11-20-14/h2-5,8-9,11,16,23H,6-7,10H2,1H3. The number of nitrogens with zero attached hydrogens (tertiary/aromatic N) is 4. The summed E-state index contributed by atoms with van der Waals surface area (Å²) in [5, 5.41) is 9.56. The summed E-state index contributed by atoms with van der Waals surface area (Å²) in [5.74, 6) is 0. The number of fused-ring (bicyclic) bond motifs is 1. The van der Waals surface area contributed by atoms with Crippen LogP contribution in [0.25, 0.3) is 10.2 Å². The Morgan fingerprint density at radius 3 is 2.96 bits per heavy atom. The van der Waals surface area contributed by atoms with Crippen LogP contribution in [0.2, 0.25) is 0 Å². The fourth-order valence-corrected chi connectivity index (χ4v) is 3.92. The second kappa shape index (κ2) is 6.99. The van der Waals surface area contributed by atoms with E-state index in [-0.39, 0.29) is 12.6 Å². The van der Waals surface area contributed by atoms with Gasteiger partial charge in [-0.25, -0.2) is 9.78 Å². The third-order valence-electron chi connectivity index (χ3n) is 4.56. The molecule has 0 saturated carbocycles. The maximum Gasteiger partial charge on any atom is 0.329 e. The summed E-state index contributed by atoms with van der Waals surface area (Å²) in [6.07, 6.45) is 2.78. The van der Waals surface area contributed by atoms with E-state index >= 15 is 0 Å². The van der Waals surface area contributed by atoms with Gasteiger partial charge in [0.15, 0.2) is 0 Å². The van der Waals surface area contributed by atoms with Crippen molar-refractivity contribution in [1.82, 2.24) is 9.97 Å². The highest BCUT2D eigenvalue weighted by Gasteiger charge is 2.33. The largest absolute Gasteiger partial charge is 0.393 e. The Morgan fingerprint density at radius 2 is 2.15 bits per heavy atom. The van der Waals surface area contributed by atoms with Crippen molar-refractivity contribution >= 4 is 39.0 Å². The summed E-state index contributed by atoms with van der Waals surface area (Å²) in [6, 6.07) is 7.50. The summed E-state index contributed by atoms with van der Waals surface area (Å²) < 4.78 is 6.39. The highest BCUT2D eigenvalue weighted by atomic mass is 32.1. The first-order valence-electron chi connectivity index (χ1n) is 8.22. The molecule has 1 saturated heterocycles. The lowest BCUT2D eigenvalue weighted by Crippen LogP contribution is -2.32. The van der Waals surface area contributed by atoms with Gasteiger partial charge in [0.1, 0.15) is 6.10 Å². The maximum absolute atomic E-state index is 13.0. The number of carbonyl (C=O) groups is 1. The molecule has 134 valence electrons. The number of urea groups is 1. The van der Waals surface area contributed by atoms with E-state index in [9.17, 15) is 9.90 Å². The van der Waals surface area contributed by atoms with Crippen LogP contribution in [-0.2, 0) is 4.74 Å². The van der Waals surface area contributed by atoms with Crippen molar-refractivity contribution < 1.29 is 14.6 Å². The van der Waals surface area contributed by atoms with Crippen LogP contribution in [0.4, 0.5) is 16.2 Å². The van der Waals surface area contributed by atoms with Crippen LogP contribution in [-0.4, -0.2) is 47.9 Å². The van der Waals surface area contributed by atoms with Crippen molar-refractivity contribution in [2.75, 3.05) is 36.6 Å². The molecule has 3 aromatic rings. The van der Waals surface area contributed by atoms with E-state index in [2.05, 4.69) is 9.97 Å². The van der Waals surface area contributed by atoms with E-state index < -0.39 is 6.10 Å². The number of amides is 2. The topological polar surface area (TPSA) is 78.8 Å². The molecule has 1 fully saturated rings. The number of rotatable bonds is 5. The van der Waals surface area contributed by atoms with Gasteiger partial charge in [0.2, 0.25) is 0 Å². The normalized spacial score (nSPS) is 15.8. The zero-order chi connectivity index (χ0) is 18.1. The van der Waals surface area contributed by atoms with Gasteiger partial charge in [-0.05, 0) is 24.3 Å². The molecule has 1 N–H and O–H groups in total. The van der Waals surface area contributed by atoms with Crippen molar-refractivity contribution in [3.63, 3.8) is 0 Å². The SMILES string of the molecule is COC(CO)c1ccncc1N1CCN(c2ccc3ncsc3c2)C1=O. The number of pyridine rings is 1. The van der Waals surface area contributed by atoms with Gasteiger partial charge in [0, 0.05) is 37.6 Å². The smallest absolute Gasteiger partial charge is 0.329 e. The Kier molecular flexibility index (Phi) is 4.54. The van der Waals surface area contributed by atoms with E-state index in [4.69, 9.17) is 4.74 Å². The van der Waals surface area contributed by atoms with Crippen LogP contribution < -0.4 is 9.80 Å². The van der Waals surface area contributed by atoms with Gasteiger partial charge in [-0.2, -0.15) is 0 Å². The number of aromatic nitrogens is 2. The van der Waals surface area contributed by atoms with Gasteiger partial charge in [0.05, 0.1) is 34.2 Å². The van der Waals surface area contributed by atoms with E-state index in [1.807, 2.05) is 18.2 Å². The predicted molar refractivity (Wildman–Crippen MR) is 101 cm³/mol. The third kappa shape index (κ3) is 2.82. The Bertz CT molecular complexity index is 941. The number of aliphatic hydroxyl groups excluding tert-OH is 1. The number of thiazole rings is 1. The molecule has 4 rings (SSSR count). The van der Waals surface area contributed by atoms with Crippen LogP contribution in [0.5, 0.6) is 0 Å². The molecule has 0 spiro atoms. The fourth-order valence-electron chi connectivity index (χ4n) is 3.21. The number of carbonyl (C=O) groups excluding carboxylic acids is 1. The van der Waals surface area contributed by atoms with Crippen molar-refractivity contribution in [3.8, 4) is 0 Å². The van der Waals surface area contributed by atoms with Gasteiger partial charge in [-0.1, -0.05) is 0 Å². The van der Waals surface area contributed by atoms with Gasteiger partial charge in [0.25, 0.3) is 0 Å². The highest BCUT2D eigenvalue weighted by Crippen LogP contribution is 2.32. The predicted octanol–water partition coefficient (Wildman–Crippen LogP) is 2.82. The molecule has 1 aliphatic heterocycles. The monoisotopic (exact) mass is 370 g/mol. The first-order chi connectivity index (χ1) is 12.7.